The van der Waals surface area contributed by atoms with Crippen molar-refractivity contribution in [1.82, 2.24) is 0 Å². The van der Waals surface area contributed by atoms with E-state index in [1.54, 1.807) is 0 Å². The molecule has 4 heteroatoms. The largest absolute Gasteiger partial charge is 0.466 e. The van der Waals surface area contributed by atoms with Crippen molar-refractivity contribution in [3.63, 3.8) is 0 Å². The van der Waals surface area contributed by atoms with Crippen molar-refractivity contribution in [3.05, 3.63) is 40.3 Å². The Morgan fingerprint density at radius 3 is 2.59 bits per heavy atom. The third-order valence-corrected chi connectivity index (χ3v) is 4.62. The highest BCUT2D eigenvalue weighted by Gasteiger charge is 2.26. The van der Waals surface area contributed by atoms with E-state index >= 15 is 0 Å². The molecule has 0 aliphatic heterocycles. The van der Waals surface area contributed by atoms with Crippen LogP contribution in [0, 0.1) is 10.8 Å². The lowest BCUT2D eigenvalue weighted by molar-refractivity contribution is -0.144. The third-order valence-electron chi connectivity index (χ3n) is 4.62. The number of nitroso groups, excluding NO2 is 1. The number of nitrogens with zero attached hydrogens (tertiary/aromatic N) is 1. The fourth-order valence-corrected chi connectivity index (χ4v) is 3.21. The van der Waals surface area contributed by atoms with Crippen LogP contribution in [-0.2, 0) is 16.0 Å². The second kappa shape index (κ2) is 8.06. The molecule has 1 aliphatic rings. The van der Waals surface area contributed by atoms with E-state index in [0.29, 0.717) is 12.5 Å². The fourth-order valence-electron chi connectivity index (χ4n) is 3.21. The first-order chi connectivity index (χ1) is 10.7. The van der Waals surface area contributed by atoms with Crippen LogP contribution in [0.3, 0.4) is 0 Å². The summed E-state index contributed by atoms with van der Waals surface area (Å²) in [6.45, 7) is 4.08. The highest BCUT2D eigenvalue weighted by Crippen LogP contribution is 2.30. The van der Waals surface area contributed by atoms with Crippen molar-refractivity contribution < 1.29 is 9.53 Å². The van der Waals surface area contributed by atoms with Gasteiger partial charge in [-0.05, 0) is 50.2 Å². The lowest BCUT2D eigenvalue weighted by Gasteiger charge is -2.26. The van der Waals surface area contributed by atoms with Gasteiger partial charge in [-0.1, -0.05) is 42.3 Å². The number of ether oxygens (including phenoxy) is 1. The Labute approximate surface area is 132 Å². The minimum Gasteiger partial charge on any atom is -0.466 e. The molecule has 0 N–H and O–H groups in total. The van der Waals surface area contributed by atoms with E-state index in [-0.39, 0.29) is 17.9 Å². The summed E-state index contributed by atoms with van der Waals surface area (Å²) < 4.78 is 5.05. The van der Waals surface area contributed by atoms with Crippen LogP contribution in [0.5, 0.6) is 0 Å². The number of benzene rings is 1. The van der Waals surface area contributed by atoms with Gasteiger partial charge in [0.15, 0.2) is 0 Å². The summed E-state index contributed by atoms with van der Waals surface area (Å²) in [5.74, 6) is -0.0691. The molecule has 2 rings (SSSR count). The Morgan fingerprint density at radius 2 is 1.95 bits per heavy atom. The van der Waals surface area contributed by atoms with Crippen LogP contribution in [-0.4, -0.2) is 18.6 Å². The predicted molar refractivity (Wildman–Crippen MR) is 86.7 cm³/mol. The van der Waals surface area contributed by atoms with E-state index in [1.165, 1.54) is 12.0 Å². The van der Waals surface area contributed by atoms with E-state index in [9.17, 15) is 9.70 Å². The van der Waals surface area contributed by atoms with Gasteiger partial charge in [0.1, 0.15) is 0 Å². The molecular weight excluding hydrogens is 278 g/mol. The second-order valence-electron chi connectivity index (χ2n) is 6.14. The van der Waals surface area contributed by atoms with Crippen LogP contribution in [0.4, 0.5) is 0 Å². The van der Waals surface area contributed by atoms with E-state index < -0.39 is 0 Å². The topological polar surface area (TPSA) is 55.7 Å². The first kappa shape index (κ1) is 16.7. The minimum atomic E-state index is -0.243. The SMILES string of the molecule is CCOC(=O)C(C)c1ccc(CC2CCCCC2N=O)cc1. The lowest BCUT2D eigenvalue weighted by atomic mass is 9.81. The molecule has 1 fully saturated rings. The van der Waals surface area contributed by atoms with Crippen LogP contribution in [0.1, 0.15) is 56.6 Å². The summed E-state index contributed by atoms with van der Waals surface area (Å²) in [4.78, 5) is 22.7. The zero-order valence-electron chi connectivity index (χ0n) is 13.5. The van der Waals surface area contributed by atoms with Crippen LogP contribution >= 0.6 is 0 Å². The summed E-state index contributed by atoms with van der Waals surface area (Å²) in [5.41, 5.74) is 2.18. The third kappa shape index (κ3) is 4.15. The molecule has 1 saturated carbocycles. The molecule has 0 amide bonds. The number of carbonyl (C=O) groups excluding carboxylic acids is 1. The van der Waals surface area contributed by atoms with Crippen molar-refractivity contribution in [1.29, 1.82) is 0 Å². The molecule has 1 aromatic carbocycles. The fraction of sp³-hybridized carbons (Fsp3) is 0.611. The average Bonchev–Trinajstić information content (AvgIpc) is 2.55. The smallest absolute Gasteiger partial charge is 0.313 e. The van der Waals surface area contributed by atoms with Crippen molar-refractivity contribution >= 4 is 5.97 Å². The molecule has 4 nitrogen and oxygen atoms in total. The van der Waals surface area contributed by atoms with Crippen LogP contribution in [0.15, 0.2) is 29.4 Å². The van der Waals surface area contributed by atoms with Gasteiger partial charge in [0.05, 0.1) is 18.6 Å². The van der Waals surface area contributed by atoms with Gasteiger partial charge >= 0.3 is 5.97 Å². The second-order valence-corrected chi connectivity index (χ2v) is 6.14. The lowest BCUT2D eigenvalue weighted by Crippen LogP contribution is -2.24. The summed E-state index contributed by atoms with van der Waals surface area (Å²) >= 11 is 0. The minimum absolute atomic E-state index is 0.0353. The maximum absolute atomic E-state index is 11.8. The van der Waals surface area contributed by atoms with Crippen molar-refractivity contribution in [2.45, 2.75) is 57.9 Å². The van der Waals surface area contributed by atoms with E-state index in [4.69, 9.17) is 4.74 Å². The van der Waals surface area contributed by atoms with Gasteiger partial charge in [-0.3, -0.25) is 4.79 Å². The Bertz CT molecular complexity index is 498. The van der Waals surface area contributed by atoms with Gasteiger partial charge in [-0.2, -0.15) is 4.91 Å². The van der Waals surface area contributed by atoms with Crippen molar-refractivity contribution in [3.8, 4) is 0 Å². The van der Waals surface area contributed by atoms with E-state index in [2.05, 4.69) is 17.3 Å². The molecule has 22 heavy (non-hydrogen) atoms. The van der Waals surface area contributed by atoms with Gasteiger partial charge in [-0.25, -0.2) is 0 Å². The van der Waals surface area contributed by atoms with Gasteiger partial charge in [0.25, 0.3) is 0 Å². The molecule has 1 aromatic rings. The van der Waals surface area contributed by atoms with Crippen LogP contribution in [0.25, 0.3) is 0 Å². The number of rotatable bonds is 6. The molecular formula is C18H25NO3. The molecule has 120 valence electrons. The molecule has 0 spiro atoms. The summed E-state index contributed by atoms with van der Waals surface area (Å²) in [5, 5.41) is 3.30. The maximum atomic E-state index is 11.8. The summed E-state index contributed by atoms with van der Waals surface area (Å²) in [6, 6.07) is 8.06. The van der Waals surface area contributed by atoms with Crippen molar-refractivity contribution in [2.75, 3.05) is 6.61 Å². The monoisotopic (exact) mass is 303 g/mol. The molecule has 0 saturated heterocycles. The summed E-state index contributed by atoms with van der Waals surface area (Å²) in [6.07, 6.45) is 5.20. The standard InChI is InChI=1S/C18H25NO3/c1-3-22-18(20)13(2)15-10-8-14(9-11-15)12-16-6-4-5-7-17(16)19-21/h8-11,13,16-17H,3-7,12H2,1-2H3. The Balaban J connectivity index is 1.99. The Morgan fingerprint density at radius 1 is 1.27 bits per heavy atom. The molecule has 0 aromatic heterocycles. The van der Waals surface area contributed by atoms with E-state index in [0.717, 1.165) is 31.2 Å². The Hall–Kier alpha value is -1.71. The first-order valence-electron chi connectivity index (χ1n) is 8.23. The highest BCUT2D eigenvalue weighted by molar-refractivity contribution is 5.77. The molecule has 3 unspecified atom stereocenters. The normalized spacial score (nSPS) is 22.8. The number of carbonyl (C=O) groups is 1. The van der Waals surface area contributed by atoms with Gasteiger partial charge < -0.3 is 4.74 Å². The number of esters is 1. The number of hydrogen-bond acceptors (Lipinski definition) is 4. The highest BCUT2D eigenvalue weighted by atomic mass is 16.5. The van der Waals surface area contributed by atoms with E-state index in [1.807, 2.05) is 26.0 Å². The van der Waals surface area contributed by atoms with Crippen LogP contribution in [0.2, 0.25) is 0 Å². The molecule has 0 bridgehead atoms. The zero-order chi connectivity index (χ0) is 15.9. The van der Waals surface area contributed by atoms with Crippen LogP contribution < -0.4 is 0 Å². The number of hydrogen-bond donors (Lipinski definition) is 0. The molecule has 0 radical (unpaired) electrons. The van der Waals surface area contributed by atoms with Gasteiger partial charge in [0.2, 0.25) is 0 Å². The molecule has 3 atom stereocenters. The average molecular weight is 303 g/mol. The Kier molecular flexibility index (Phi) is 6.10. The maximum Gasteiger partial charge on any atom is 0.313 e. The van der Waals surface area contributed by atoms with Gasteiger partial charge in [-0.15, -0.1) is 0 Å². The first-order valence-corrected chi connectivity index (χ1v) is 8.23. The zero-order valence-corrected chi connectivity index (χ0v) is 13.5. The predicted octanol–water partition coefficient (Wildman–Crippen LogP) is 4.22. The molecule has 0 heterocycles. The quantitative estimate of drug-likeness (QED) is 0.584. The van der Waals surface area contributed by atoms with Crippen molar-refractivity contribution in [2.24, 2.45) is 11.1 Å². The molecule has 1 aliphatic carbocycles. The van der Waals surface area contributed by atoms with Gasteiger partial charge in [0, 0.05) is 0 Å². The summed E-state index contributed by atoms with van der Waals surface area (Å²) in [7, 11) is 0.